The van der Waals surface area contributed by atoms with Crippen LogP contribution in [0.3, 0.4) is 0 Å². The van der Waals surface area contributed by atoms with Gasteiger partial charge in [0.05, 0.1) is 12.7 Å². The van der Waals surface area contributed by atoms with Crippen molar-refractivity contribution in [2.75, 3.05) is 20.7 Å². The summed E-state index contributed by atoms with van der Waals surface area (Å²) in [6.45, 7) is 0.630. The molecule has 1 aliphatic rings. The topological polar surface area (TPSA) is 67.8 Å². The van der Waals surface area contributed by atoms with Gasteiger partial charge in [0.2, 0.25) is 0 Å². The van der Waals surface area contributed by atoms with E-state index in [9.17, 15) is 9.90 Å². The normalized spacial score (nSPS) is 19.1. The van der Waals surface area contributed by atoms with E-state index in [2.05, 4.69) is 5.32 Å². The summed E-state index contributed by atoms with van der Waals surface area (Å²) in [5.41, 5.74) is 1.28. The summed E-state index contributed by atoms with van der Waals surface area (Å²) in [6.07, 6.45) is 0. The molecule has 5 heteroatoms. The number of rotatable bonds is 3. The molecule has 0 saturated heterocycles. The standard InChI is InChI=1S/C18H19NO4/c1-19-11-18(21)14-5-3-4-6-16(14)23-10-13-8-7-12(9-15(13)18)17(20)22-2/h3-9,19,21H,10-11H2,1-2H3. The van der Waals surface area contributed by atoms with Gasteiger partial charge in [-0.15, -0.1) is 0 Å². The van der Waals surface area contributed by atoms with Crippen LogP contribution < -0.4 is 10.1 Å². The zero-order chi connectivity index (χ0) is 16.4. The lowest BCUT2D eigenvalue weighted by atomic mass is 9.83. The second-order valence-electron chi connectivity index (χ2n) is 5.54. The lowest BCUT2D eigenvalue weighted by Gasteiger charge is -2.30. The monoisotopic (exact) mass is 313 g/mol. The Bertz CT molecular complexity index is 744. The molecule has 0 saturated carbocycles. The first-order valence-corrected chi connectivity index (χ1v) is 7.41. The first-order chi connectivity index (χ1) is 11.1. The maximum absolute atomic E-state index is 11.8. The fourth-order valence-corrected chi connectivity index (χ4v) is 3.01. The van der Waals surface area contributed by atoms with Crippen molar-refractivity contribution in [1.82, 2.24) is 5.32 Å². The van der Waals surface area contributed by atoms with Crippen LogP contribution in [0.5, 0.6) is 5.75 Å². The number of methoxy groups -OCH3 is 1. The Balaban J connectivity index is 2.23. The molecule has 23 heavy (non-hydrogen) atoms. The largest absolute Gasteiger partial charge is 0.488 e. The van der Waals surface area contributed by atoms with E-state index >= 15 is 0 Å². The van der Waals surface area contributed by atoms with Crippen molar-refractivity contribution >= 4 is 5.97 Å². The van der Waals surface area contributed by atoms with Crippen molar-refractivity contribution in [1.29, 1.82) is 0 Å². The van der Waals surface area contributed by atoms with Crippen LogP contribution in [-0.2, 0) is 16.9 Å². The molecule has 2 aromatic carbocycles. The molecule has 0 aliphatic carbocycles. The minimum absolute atomic E-state index is 0.297. The van der Waals surface area contributed by atoms with E-state index in [1.807, 2.05) is 24.3 Å². The van der Waals surface area contributed by atoms with Crippen LogP contribution in [-0.4, -0.2) is 31.8 Å². The van der Waals surface area contributed by atoms with Gasteiger partial charge in [0.1, 0.15) is 18.0 Å². The Morgan fingerprint density at radius 2 is 2.09 bits per heavy atom. The maximum Gasteiger partial charge on any atom is 0.337 e. The number of para-hydroxylation sites is 1. The van der Waals surface area contributed by atoms with Crippen LogP contribution in [0, 0.1) is 0 Å². The Labute approximate surface area is 134 Å². The zero-order valence-electron chi connectivity index (χ0n) is 13.1. The molecule has 1 aliphatic heterocycles. The van der Waals surface area contributed by atoms with Gasteiger partial charge in [-0.3, -0.25) is 0 Å². The highest BCUT2D eigenvalue weighted by atomic mass is 16.5. The molecule has 2 N–H and O–H groups in total. The number of aliphatic hydroxyl groups is 1. The molecule has 1 heterocycles. The summed E-state index contributed by atoms with van der Waals surface area (Å²) in [5, 5.41) is 14.5. The lowest BCUT2D eigenvalue weighted by Crippen LogP contribution is -2.38. The van der Waals surface area contributed by atoms with Gasteiger partial charge in [0.25, 0.3) is 0 Å². The highest BCUT2D eigenvalue weighted by molar-refractivity contribution is 5.89. The van der Waals surface area contributed by atoms with Crippen LogP contribution in [0.25, 0.3) is 0 Å². The predicted octanol–water partition coefficient (Wildman–Crippen LogP) is 1.82. The summed E-state index contributed by atoms with van der Waals surface area (Å²) in [6, 6.07) is 12.6. The number of hydrogen-bond acceptors (Lipinski definition) is 5. The Morgan fingerprint density at radius 1 is 1.30 bits per heavy atom. The molecule has 5 nitrogen and oxygen atoms in total. The zero-order valence-corrected chi connectivity index (χ0v) is 13.1. The Morgan fingerprint density at radius 3 is 2.83 bits per heavy atom. The van der Waals surface area contributed by atoms with E-state index in [1.165, 1.54) is 7.11 Å². The number of hydrogen-bond donors (Lipinski definition) is 2. The van der Waals surface area contributed by atoms with Crippen molar-refractivity contribution in [3.8, 4) is 5.75 Å². The third-order valence-corrected chi connectivity index (χ3v) is 4.12. The van der Waals surface area contributed by atoms with Crippen molar-refractivity contribution < 1.29 is 19.4 Å². The summed E-state index contributed by atoms with van der Waals surface area (Å²) in [7, 11) is 3.11. The van der Waals surface area contributed by atoms with E-state index in [-0.39, 0.29) is 0 Å². The first-order valence-electron chi connectivity index (χ1n) is 7.41. The lowest BCUT2D eigenvalue weighted by molar-refractivity contribution is 0.0598. The summed E-state index contributed by atoms with van der Waals surface area (Å²) >= 11 is 0. The number of fused-ring (bicyclic) bond motifs is 2. The first kappa shape index (κ1) is 15.5. The van der Waals surface area contributed by atoms with Gasteiger partial charge in [-0.05, 0) is 36.4 Å². The second-order valence-corrected chi connectivity index (χ2v) is 5.54. The van der Waals surface area contributed by atoms with E-state index in [1.54, 1.807) is 25.2 Å². The fourth-order valence-electron chi connectivity index (χ4n) is 3.01. The molecule has 1 atom stereocenters. The Kier molecular flexibility index (Phi) is 4.07. The van der Waals surface area contributed by atoms with Crippen molar-refractivity contribution in [3.63, 3.8) is 0 Å². The van der Waals surface area contributed by atoms with Gasteiger partial charge in [-0.1, -0.05) is 24.3 Å². The number of carbonyl (C=O) groups excluding carboxylic acids is 1. The molecule has 1 unspecified atom stereocenters. The number of carbonyl (C=O) groups is 1. The highest BCUT2D eigenvalue weighted by Gasteiger charge is 2.38. The molecule has 0 spiro atoms. The summed E-state index contributed by atoms with van der Waals surface area (Å²) in [5.74, 6) is 0.208. The maximum atomic E-state index is 11.8. The molecule has 0 fully saturated rings. The van der Waals surface area contributed by atoms with Crippen molar-refractivity contribution in [2.24, 2.45) is 0 Å². The van der Waals surface area contributed by atoms with Crippen LogP contribution in [0.2, 0.25) is 0 Å². The smallest absolute Gasteiger partial charge is 0.337 e. The van der Waals surface area contributed by atoms with Gasteiger partial charge in [0, 0.05) is 12.1 Å². The van der Waals surface area contributed by atoms with E-state index in [0.29, 0.717) is 35.6 Å². The van der Waals surface area contributed by atoms with Gasteiger partial charge in [-0.25, -0.2) is 4.79 Å². The molecule has 120 valence electrons. The number of nitrogens with one attached hydrogen (secondary N) is 1. The predicted molar refractivity (Wildman–Crippen MR) is 85.5 cm³/mol. The molecular formula is C18H19NO4. The third kappa shape index (κ3) is 2.58. The summed E-state index contributed by atoms with van der Waals surface area (Å²) < 4.78 is 10.6. The SMILES string of the molecule is CNCC1(O)c2cc(C(=O)OC)ccc2COc2ccccc21. The average Bonchev–Trinajstić information content (AvgIpc) is 2.70. The minimum atomic E-state index is -1.29. The second kappa shape index (κ2) is 6.02. The number of likely N-dealkylation sites (N-methyl/N-ethyl adjacent to an activating group) is 1. The molecule has 3 rings (SSSR count). The quantitative estimate of drug-likeness (QED) is 0.846. The molecule has 0 aromatic heterocycles. The van der Waals surface area contributed by atoms with Gasteiger partial charge in [0.15, 0.2) is 0 Å². The highest BCUT2D eigenvalue weighted by Crippen LogP contribution is 2.40. The fraction of sp³-hybridized carbons (Fsp3) is 0.278. The summed E-state index contributed by atoms with van der Waals surface area (Å²) in [4.78, 5) is 11.8. The van der Waals surface area contributed by atoms with Crippen LogP contribution in [0.1, 0.15) is 27.0 Å². The third-order valence-electron chi connectivity index (χ3n) is 4.12. The number of ether oxygens (including phenoxy) is 2. The molecular weight excluding hydrogens is 294 g/mol. The average molecular weight is 313 g/mol. The Hall–Kier alpha value is -2.37. The molecule has 0 amide bonds. The van der Waals surface area contributed by atoms with E-state index in [0.717, 1.165) is 5.56 Å². The van der Waals surface area contributed by atoms with Crippen LogP contribution in [0.4, 0.5) is 0 Å². The van der Waals surface area contributed by atoms with E-state index in [4.69, 9.17) is 9.47 Å². The molecule has 2 aromatic rings. The number of benzene rings is 2. The van der Waals surface area contributed by atoms with E-state index < -0.39 is 11.6 Å². The molecule has 0 bridgehead atoms. The van der Waals surface area contributed by atoms with Gasteiger partial charge < -0.3 is 19.9 Å². The van der Waals surface area contributed by atoms with Gasteiger partial charge >= 0.3 is 5.97 Å². The van der Waals surface area contributed by atoms with Crippen molar-refractivity contribution in [3.05, 3.63) is 64.7 Å². The van der Waals surface area contributed by atoms with Crippen LogP contribution >= 0.6 is 0 Å². The van der Waals surface area contributed by atoms with Crippen LogP contribution in [0.15, 0.2) is 42.5 Å². The molecule has 0 radical (unpaired) electrons. The van der Waals surface area contributed by atoms with Crippen molar-refractivity contribution in [2.45, 2.75) is 12.2 Å². The van der Waals surface area contributed by atoms with Gasteiger partial charge in [-0.2, -0.15) is 0 Å². The minimum Gasteiger partial charge on any atom is -0.488 e. The number of esters is 1.